The molecule has 2 nitrogen and oxygen atoms in total. The van der Waals surface area contributed by atoms with Gasteiger partial charge in [0.1, 0.15) is 0 Å². The zero-order chi connectivity index (χ0) is 11.5. The Morgan fingerprint density at radius 1 is 1.33 bits per heavy atom. The molecular formula is C12H18ClNO. The fourth-order valence-electron chi connectivity index (χ4n) is 1.15. The molecule has 1 aromatic carbocycles. The van der Waals surface area contributed by atoms with Crippen LogP contribution in [0.5, 0.6) is 0 Å². The van der Waals surface area contributed by atoms with Crippen LogP contribution >= 0.6 is 11.6 Å². The predicted octanol–water partition coefficient (Wildman–Crippen LogP) is 3.47. The van der Waals surface area contributed by atoms with Crippen LogP contribution in [-0.4, -0.2) is 5.60 Å². The van der Waals surface area contributed by atoms with Gasteiger partial charge in [-0.1, -0.05) is 23.7 Å². The van der Waals surface area contributed by atoms with Gasteiger partial charge in [-0.05, 0) is 44.9 Å². The zero-order valence-corrected chi connectivity index (χ0v) is 10.5. The van der Waals surface area contributed by atoms with E-state index in [1.165, 1.54) is 5.56 Å². The van der Waals surface area contributed by atoms with E-state index in [4.69, 9.17) is 16.4 Å². The molecule has 0 heterocycles. The standard InChI is InChI=1S/C12H18ClNO/c1-9-7-10(5-6-11(9)13)8-14-15-12(2,3)4/h5-7,14H,8H2,1-4H3. The Hall–Kier alpha value is -0.570. The molecule has 84 valence electrons. The minimum atomic E-state index is -0.165. The smallest absolute Gasteiger partial charge is 0.0813 e. The fraction of sp³-hybridized carbons (Fsp3) is 0.500. The van der Waals surface area contributed by atoms with Crippen molar-refractivity contribution in [1.29, 1.82) is 0 Å². The lowest BCUT2D eigenvalue weighted by atomic mass is 10.1. The molecule has 0 unspecified atom stereocenters. The van der Waals surface area contributed by atoms with E-state index in [0.717, 1.165) is 10.6 Å². The highest BCUT2D eigenvalue weighted by atomic mass is 35.5. The van der Waals surface area contributed by atoms with Gasteiger partial charge < -0.3 is 0 Å². The number of rotatable bonds is 3. The molecule has 0 aliphatic heterocycles. The van der Waals surface area contributed by atoms with Crippen LogP contribution in [0.3, 0.4) is 0 Å². The van der Waals surface area contributed by atoms with Crippen molar-refractivity contribution in [2.24, 2.45) is 0 Å². The van der Waals surface area contributed by atoms with E-state index in [0.29, 0.717) is 6.54 Å². The second kappa shape index (κ2) is 4.97. The molecule has 0 aliphatic rings. The topological polar surface area (TPSA) is 21.3 Å². The summed E-state index contributed by atoms with van der Waals surface area (Å²) in [7, 11) is 0. The maximum Gasteiger partial charge on any atom is 0.0813 e. The van der Waals surface area contributed by atoms with Gasteiger partial charge in [-0.15, -0.1) is 0 Å². The van der Waals surface area contributed by atoms with Crippen molar-refractivity contribution in [2.75, 3.05) is 0 Å². The monoisotopic (exact) mass is 227 g/mol. The Balaban J connectivity index is 2.48. The highest BCUT2D eigenvalue weighted by Gasteiger charge is 2.09. The minimum absolute atomic E-state index is 0.165. The molecule has 0 bridgehead atoms. The number of aryl methyl sites for hydroxylation is 1. The van der Waals surface area contributed by atoms with Crippen LogP contribution in [0.4, 0.5) is 0 Å². The first-order valence-electron chi connectivity index (χ1n) is 5.04. The van der Waals surface area contributed by atoms with Crippen LogP contribution in [0.15, 0.2) is 18.2 Å². The molecule has 1 aromatic rings. The molecule has 15 heavy (non-hydrogen) atoms. The summed E-state index contributed by atoms with van der Waals surface area (Å²) in [6, 6.07) is 5.96. The maximum absolute atomic E-state index is 5.94. The Morgan fingerprint density at radius 2 is 2.00 bits per heavy atom. The molecule has 3 heteroatoms. The van der Waals surface area contributed by atoms with Crippen molar-refractivity contribution in [3.63, 3.8) is 0 Å². The third kappa shape index (κ3) is 4.65. The Labute approximate surface area is 96.5 Å². The van der Waals surface area contributed by atoms with E-state index in [2.05, 4.69) is 11.5 Å². The lowest BCUT2D eigenvalue weighted by Crippen LogP contribution is -2.28. The van der Waals surface area contributed by atoms with Crippen molar-refractivity contribution in [3.8, 4) is 0 Å². The Kier molecular flexibility index (Phi) is 4.14. The number of hydroxylamine groups is 1. The fourth-order valence-corrected chi connectivity index (χ4v) is 1.27. The summed E-state index contributed by atoms with van der Waals surface area (Å²) >= 11 is 5.94. The molecule has 1 N–H and O–H groups in total. The minimum Gasteiger partial charge on any atom is -0.296 e. The van der Waals surface area contributed by atoms with Gasteiger partial charge in [-0.3, -0.25) is 4.84 Å². The molecule has 0 radical (unpaired) electrons. The number of halogens is 1. The number of nitrogens with one attached hydrogen (secondary N) is 1. The highest BCUT2D eigenvalue weighted by molar-refractivity contribution is 6.31. The Morgan fingerprint density at radius 3 is 2.53 bits per heavy atom. The summed E-state index contributed by atoms with van der Waals surface area (Å²) in [6.07, 6.45) is 0. The average Bonchev–Trinajstić information content (AvgIpc) is 2.09. The van der Waals surface area contributed by atoms with Gasteiger partial charge in [-0.2, -0.15) is 5.48 Å². The van der Waals surface area contributed by atoms with Crippen molar-refractivity contribution in [1.82, 2.24) is 5.48 Å². The molecule has 0 spiro atoms. The van der Waals surface area contributed by atoms with Gasteiger partial charge in [0.2, 0.25) is 0 Å². The van der Waals surface area contributed by atoms with Crippen molar-refractivity contribution in [2.45, 2.75) is 39.8 Å². The van der Waals surface area contributed by atoms with E-state index in [1.807, 2.05) is 39.8 Å². The van der Waals surface area contributed by atoms with Crippen LogP contribution in [-0.2, 0) is 11.4 Å². The van der Waals surface area contributed by atoms with Crippen molar-refractivity contribution < 1.29 is 4.84 Å². The van der Waals surface area contributed by atoms with Gasteiger partial charge in [-0.25, -0.2) is 0 Å². The number of hydrogen-bond acceptors (Lipinski definition) is 2. The molecule has 0 atom stereocenters. The molecular weight excluding hydrogens is 210 g/mol. The van der Waals surface area contributed by atoms with Crippen molar-refractivity contribution >= 4 is 11.6 Å². The zero-order valence-electron chi connectivity index (χ0n) is 9.73. The van der Waals surface area contributed by atoms with E-state index in [9.17, 15) is 0 Å². The molecule has 1 rings (SSSR count). The van der Waals surface area contributed by atoms with Gasteiger partial charge >= 0.3 is 0 Å². The second-order valence-electron chi connectivity index (χ2n) is 4.62. The van der Waals surface area contributed by atoms with Crippen LogP contribution in [0.25, 0.3) is 0 Å². The highest BCUT2D eigenvalue weighted by Crippen LogP contribution is 2.16. The summed E-state index contributed by atoms with van der Waals surface area (Å²) in [4.78, 5) is 5.42. The van der Waals surface area contributed by atoms with Gasteiger partial charge in [0.25, 0.3) is 0 Å². The lowest BCUT2D eigenvalue weighted by Gasteiger charge is -2.19. The Bertz CT molecular complexity index is 331. The number of benzene rings is 1. The van der Waals surface area contributed by atoms with Gasteiger partial charge in [0.05, 0.1) is 5.60 Å². The lowest BCUT2D eigenvalue weighted by molar-refractivity contribution is -0.0757. The van der Waals surface area contributed by atoms with Crippen LogP contribution < -0.4 is 5.48 Å². The van der Waals surface area contributed by atoms with E-state index in [-0.39, 0.29) is 5.60 Å². The van der Waals surface area contributed by atoms with Crippen molar-refractivity contribution in [3.05, 3.63) is 34.3 Å². The summed E-state index contributed by atoms with van der Waals surface area (Å²) in [6.45, 7) is 8.71. The third-order valence-corrected chi connectivity index (χ3v) is 2.30. The SMILES string of the molecule is Cc1cc(CNOC(C)(C)C)ccc1Cl. The van der Waals surface area contributed by atoms with E-state index in [1.54, 1.807) is 0 Å². The molecule has 0 saturated heterocycles. The van der Waals surface area contributed by atoms with Crippen LogP contribution in [0.2, 0.25) is 5.02 Å². The molecule has 0 fully saturated rings. The molecule has 0 saturated carbocycles. The normalized spacial score (nSPS) is 11.8. The average molecular weight is 228 g/mol. The van der Waals surface area contributed by atoms with Gasteiger partial charge in [0.15, 0.2) is 0 Å². The van der Waals surface area contributed by atoms with E-state index >= 15 is 0 Å². The number of hydrogen-bond donors (Lipinski definition) is 1. The quantitative estimate of drug-likeness (QED) is 0.799. The second-order valence-corrected chi connectivity index (χ2v) is 5.03. The van der Waals surface area contributed by atoms with Gasteiger partial charge in [0, 0.05) is 11.6 Å². The summed E-state index contributed by atoms with van der Waals surface area (Å²) in [5, 5.41) is 0.801. The van der Waals surface area contributed by atoms with Crippen LogP contribution in [0.1, 0.15) is 31.9 Å². The molecule has 0 aromatic heterocycles. The third-order valence-electron chi connectivity index (χ3n) is 1.88. The molecule has 0 aliphatic carbocycles. The first-order chi connectivity index (χ1) is 6.88. The van der Waals surface area contributed by atoms with Crippen LogP contribution in [0, 0.1) is 6.92 Å². The summed E-state index contributed by atoms with van der Waals surface area (Å²) in [5.41, 5.74) is 5.04. The first kappa shape index (κ1) is 12.5. The summed E-state index contributed by atoms with van der Waals surface area (Å²) < 4.78 is 0. The predicted molar refractivity (Wildman–Crippen MR) is 63.9 cm³/mol. The summed E-state index contributed by atoms with van der Waals surface area (Å²) in [5.74, 6) is 0. The molecule has 0 amide bonds. The first-order valence-corrected chi connectivity index (χ1v) is 5.42. The largest absolute Gasteiger partial charge is 0.296 e. The van der Waals surface area contributed by atoms with E-state index < -0.39 is 0 Å². The maximum atomic E-state index is 5.94.